The van der Waals surface area contributed by atoms with Crippen molar-refractivity contribution in [1.82, 2.24) is 4.90 Å². The summed E-state index contributed by atoms with van der Waals surface area (Å²) in [7, 11) is -1.46. The number of hydrogen-bond donors (Lipinski definition) is 1. The number of rotatable bonds is 7. The number of esters is 1. The highest BCUT2D eigenvalue weighted by molar-refractivity contribution is 8.17. The zero-order valence-corrected chi connectivity index (χ0v) is 16.7. The lowest BCUT2D eigenvalue weighted by Gasteiger charge is -2.43. The number of amides is 1. The van der Waals surface area contributed by atoms with Crippen LogP contribution in [0.2, 0.25) is 0 Å². The molecule has 9 nitrogen and oxygen atoms in total. The number of ether oxygens (including phenoxy) is 1. The Bertz CT molecular complexity index is 882. The smallest absolute Gasteiger partial charge is 0.357 e. The predicted molar refractivity (Wildman–Crippen MR) is 102 cm³/mol. The third-order valence-electron chi connectivity index (χ3n) is 4.45. The van der Waals surface area contributed by atoms with E-state index >= 15 is 0 Å². The second-order valence-corrected chi connectivity index (χ2v) is 9.31. The van der Waals surface area contributed by atoms with E-state index in [0.717, 1.165) is 11.8 Å². The molecular formula is C17H18N2O7S2. The fourth-order valence-corrected chi connectivity index (χ4v) is 6.02. The van der Waals surface area contributed by atoms with E-state index in [9.17, 15) is 29.0 Å². The van der Waals surface area contributed by atoms with Crippen molar-refractivity contribution in [2.24, 2.45) is 5.92 Å². The molecule has 4 atom stereocenters. The van der Waals surface area contributed by atoms with Crippen LogP contribution in [0, 0.1) is 16.0 Å². The molecule has 1 aromatic carbocycles. The van der Waals surface area contributed by atoms with Gasteiger partial charge in [-0.2, -0.15) is 0 Å². The Hall–Kier alpha value is -2.24. The van der Waals surface area contributed by atoms with Crippen LogP contribution < -0.4 is 0 Å². The van der Waals surface area contributed by atoms with E-state index in [1.165, 1.54) is 36.1 Å². The minimum absolute atomic E-state index is 0.0426. The Morgan fingerprint density at radius 1 is 1.43 bits per heavy atom. The number of β-lactam (4-membered cyclic amide) rings is 1. The van der Waals surface area contributed by atoms with Gasteiger partial charge in [0.25, 0.3) is 5.69 Å². The van der Waals surface area contributed by atoms with Crippen molar-refractivity contribution in [3.05, 3.63) is 49.9 Å². The summed E-state index contributed by atoms with van der Waals surface area (Å²) in [6.45, 7) is 3.05. The molecule has 0 saturated carbocycles. The molecule has 1 aromatic rings. The third kappa shape index (κ3) is 3.56. The van der Waals surface area contributed by atoms with Crippen molar-refractivity contribution in [3.8, 4) is 0 Å². The van der Waals surface area contributed by atoms with Crippen LogP contribution in [-0.4, -0.2) is 48.2 Å². The topological polar surface area (TPSA) is 127 Å². The maximum atomic E-state index is 12.6. The quantitative estimate of drug-likeness (QED) is 0.301. The Kier molecular flexibility index (Phi) is 5.87. The monoisotopic (exact) mass is 426 g/mol. The molecule has 2 aliphatic rings. The van der Waals surface area contributed by atoms with E-state index < -0.39 is 45.0 Å². The van der Waals surface area contributed by atoms with Crippen molar-refractivity contribution in [2.45, 2.75) is 31.9 Å². The molecule has 28 heavy (non-hydrogen) atoms. The van der Waals surface area contributed by atoms with Crippen molar-refractivity contribution >= 4 is 40.1 Å². The van der Waals surface area contributed by atoms with Gasteiger partial charge in [-0.25, -0.2) is 4.79 Å². The molecule has 1 fully saturated rings. The van der Waals surface area contributed by atoms with Crippen molar-refractivity contribution in [2.75, 3.05) is 5.75 Å². The first kappa shape index (κ1) is 20.5. The van der Waals surface area contributed by atoms with Gasteiger partial charge in [0, 0.05) is 17.9 Å². The second-order valence-electron chi connectivity index (χ2n) is 6.25. The summed E-state index contributed by atoms with van der Waals surface area (Å²) in [5.74, 6) is -1.58. The van der Waals surface area contributed by atoms with Crippen molar-refractivity contribution < 1.29 is 28.6 Å². The molecule has 3 rings (SSSR count). The van der Waals surface area contributed by atoms with E-state index in [1.807, 2.05) is 0 Å². The number of benzene rings is 1. The molecule has 1 saturated heterocycles. The van der Waals surface area contributed by atoms with Crippen LogP contribution in [0.15, 0.2) is 34.2 Å². The van der Waals surface area contributed by atoms with Crippen LogP contribution in [0.25, 0.3) is 0 Å². The van der Waals surface area contributed by atoms with E-state index in [-0.39, 0.29) is 28.0 Å². The van der Waals surface area contributed by atoms with Gasteiger partial charge in [0.15, 0.2) is 5.70 Å². The molecule has 0 aromatic heterocycles. The standard InChI is InChI=1S/C17H18N2O7S2/c1-3-28(25)17-13(18-14(21)12(9(2)20)15(18)27-17)16(22)26-8-10-4-6-11(7-5-10)19(23)24/h4-7,9,12,15,20H,3,8H2,1-2H3/t9?,12-,15+,28?/m0/s1. The summed E-state index contributed by atoms with van der Waals surface area (Å²) >= 11 is 1.15. The maximum Gasteiger partial charge on any atom is 0.357 e. The number of aliphatic hydroxyl groups is 1. The fraction of sp³-hybridized carbons (Fsp3) is 0.412. The summed E-state index contributed by atoms with van der Waals surface area (Å²) in [5, 5.41) is 20.0. The van der Waals surface area contributed by atoms with Crippen LogP contribution in [0.3, 0.4) is 0 Å². The van der Waals surface area contributed by atoms with Gasteiger partial charge < -0.3 is 9.84 Å². The molecular weight excluding hydrogens is 408 g/mol. The lowest BCUT2D eigenvalue weighted by molar-refractivity contribution is -0.384. The molecule has 2 heterocycles. The number of carbonyl (C=O) groups is 2. The van der Waals surface area contributed by atoms with Crippen molar-refractivity contribution in [1.29, 1.82) is 0 Å². The largest absolute Gasteiger partial charge is 0.456 e. The number of aliphatic hydroxyl groups excluding tert-OH is 1. The molecule has 2 unspecified atom stereocenters. The summed E-state index contributed by atoms with van der Waals surface area (Å²) in [6, 6.07) is 5.53. The summed E-state index contributed by atoms with van der Waals surface area (Å²) in [6.07, 6.45) is -0.881. The van der Waals surface area contributed by atoms with Crippen LogP contribution in [0.4, 0.5) is 5.69 Å². The minimum Gasteiger partial charge on any atom is -0.456 e. The maximum absolute atomic E-state index is 12.6. The highest BCUT2D eigenvalue weighted by Crippen LogP contribution is 2.51. The number of nitro benzene ring substituents is 1. The Balaban J connectivity index is 1.77. The Morgan fingerprint density at radius 3 is 2.61 bits per heavy atom. The van der Waals surface area contributed by atoms with Crippen LogP contribution in [0.1, 0.15) is 19.4 Å². The van der Waals surface area contributed by atoms with Crippen LogP contribution in [0.5, 0.6) is 0 Å². The number of nitro groups is 1. The lowest BCUT2D eigenvalue weighted by Crippen LogP contribution is -2.60. The molecule has 11 heteroatoms. The SMILES string of the molecule is CCS(=O)C1=C(C(=O)OCc2ccc([N+](=O)[O-])cc2)N2C(=O)[C@H](C(C)O)[C@H]2S1. The molecule has 0 radical (unpaired) electrons. The zero-order valence-electron chi connectivity index (χ0n) is 15.1. The summed E-state index contributed by atoms with van der Waals surface area (Å²) < 4.78 is 17.9. The van der Waals surface area contributed by atoms with Gasteiger partial charge in [-0.05, 0) is 24.6 Å². The zero-order chi connectivity index (χ0) is 20.6. The molecule has 0 bridgehead atoms. The minimum atomic E-state index is -1.46. The second kappa shape index (κ2) is 8.02. The van der Waals surface area contributed by atoms with Gasteiger partial charge in [-0.1, -0.05) is 18.7 Å². The molecule has 0 aliphatic carbocycles. The first-order chi connectivity index (χ1) is 13.3. The molecule has 2 aliphatic heterocycles. The number of hydrogen-bond acceptors (Lipinski definition) is 8. The first-order valence-corrected chi connectivity index (χ1v) is 10.7. The fourth-order valence-electron chi connectivity index (χ4n) is 2.96. The van der Waals surface area contributed by atoms with Crippen molar-refractivity contribution in [3.63, 3.8) is 0 Å². The Morgan fingerprint density at radius 2 is 2.07 bits per heavy atom. The van der Waals surface area contributed by atoms with Gasteiger partial charge in [-0.3, -0.25) is 24.0 Å². The normalized spacial score (nSPS) is 23.1. The molecule has 1 amide bonds. The predicted octanol–water partition coefficient (Wildman–Crippen LogP) is 1.49. The van der Waals surface area contributed by atoms with Crippen LogP contribution >= 0.6 is 11.8 Å². The highest BCUT2D eigenvalue weighted by atomic mass is 32.2. The number of thioether (sulfide) groups is 1. The summed E-state index contributed by atoms with van der Waals surface area (Å²) in [4.78, 5) is 36.4. The first-order valence-electron chi connectivity index (χ1n) is 8.47. The molecule has 150 valence electrons. The van der Waals surface area contributed by atoms with E-state index in [2.05, 4.69) is 0 Å². The van der Waals surface area contributed by atoms with Gasteiger partial charge >= 0.3 is 5.97 Å². The van der Waals surface area contributed by atoms with E-state index in [1.54, 1.807) is 6.92 Å². The van der Waals surface area contributed by atoms with Gasteiger partial charge in [0.1, 0.15) is 16.2 Å². The number of carbonyl (C=O) groups excluding carboxylic acids is 2. The average molecular weight is 426 g/mol. The number of fused-ring (bicyclic) bond motifs is 1. The number of non-ortho nitro benzene ring substituents is 1. The highest BCUT2D eigenvalue weighted by Gasteiger charge is 2.58. The van der Waals surface area contributed by atoms with Crippen LogP contribution in [-0.2, 0) is 31.7 Å². The van der Waals surface area contributed by atoms with E-state index in [0.29, 0.717) is 5.56 Å². The van der Waals surface area contributed by atoms with Gasteiger partial charge in [-0.15, -0.1) is 0 Å². The van der Waals surface area contributed by atoms with E-state index in [4.69, 9.17) is 4.74 Å². The Labute approximate surface area is 167 Å². The van der Waals surface area contributed by atoms with Gasteiger partial charge in [0.05, 0.1) is 27.7 Å². The molecule has 1 N–H and O–H groups in total. The lowest BCUT2D eigenvalue weighted by atomic mass is 9.92. The molecule has 0 spiro atoms. The third-order valence-corrected chi connectivity index (χ3v) is 7.58. The summed E-state index contributed by atoms with van der Waals surface area (Å²) in [5.41, 5.74) is 0.416. The number of nitrogens with zero attached hydrogens (tertiary/aromatic N) is 2. The average Bonchev–Trinajstić information content (AvgIpc) is 3.00. The van der Waals surface area contributed by atoms with Gasteiger partial charge in [0.2, 0.25) is 5.91 Å².